The number of hydrogen-bond acceptors (Lipinski definition) is 6. The number of carboxylic acid groups (broad SMARTS) is 1. The van der Waals surface area contributed by atoms with Crippen LogP contribution in [-0.4, -0.2) is 51.8 Å². The van der Waals surface area contributed by atoms with Gasteiger partial charge in [0.15, 0.2) is 17.7 Å². The molecule has 0 saturated heterocycles. The Labute approximate surface area is 256 Å². The van der Waals surface area contributed by atoms with Gasteiger partial charge in [0.25, 0.3) is 5.91 Å². The van der Waals surface area contributed by atoms with Crippen molar-refractivity contribution < 1.29 is 42.6 Å². The molecule has 3 aromatic rings. The lowest BCUT2D eigenvalue weighted by atomic mass is 9.83. The third-order valence-corrected chi connectivity index (χ3v) is 8.04. The van der Waals surface area contributed by atoms with Crippen LogP contribution in [0.2, 0.25) is 0 Å². The van der Waals surface area contributed by atoms with E-state index in [0.29, 0.717) is 11.5 Å². The van der Waals surface area contributed by atoms with Gasteiger partial charge in [-0.05, 0) is 72.0 Å². The van der Waals surface area contributed by atoms with Crippen LogP contribution in [-0.2, 0) is 4.79 Å². The minimum absolute atomic E-state index is 0.0149. The van der Waals surface area contributed by atoms with Crippen LogP contribution in [0.4, 0.5) is 13.2 Å². The quantitative estimate of drug-likeness (QED) is 0.124. The second-order valence-corrected chi connectivity index (χ2v) is 11.6. The number of Topliss-reactive ketones (excluding diaryl/α,β-unsaturated/α-hetero) is 1. The standard InChI is InChI=1S/C33H30F3NO6S/c34-33(35,36)44-26-8-4-7-25(17-26)28(38)18-27(22-11-9-21(10-12-22)20-5-2-1-3-6-20)30(40)23-13-15-24(16-14-23)31(41)37-19-29(39)32(42)43/h4,7-18,20,29,39H,1-3,5-6,19H2,(H,37,41)(H,42,43)/b27-18-/t29-/m1/s1. The van der Waals surface area contributed by atoms with Gasteiger partial charge in [-0.1, -0.05) is 67.8 Å². The number of halogens is 3. The highest BCUT2D eigenvalue weighted by Crippen LogP contribution is 2.37. The molecule has 0 spiro atoms. The zero-order valence-electron chi connectivity index (χ0n) is 23.5. The summed E-state index contributed by atoms with van der Waals surface area (Å²) < 4.78 is 38.7. The largest absolute Gasteiger partial charge is 0.479 e. The van der Waals surface area contributed by atoms with Gasteiger partial charge in [-0.2, -0.15) is 13.2 Å². The van der Waals surface area contributed by atoms with E-state index in [1.165, 1.54) is 48.9 Å². The van der Waals surface area contributed by atoms with Crippen molar-refractivity contribution in [2.45, 2.75) is 54.5 Å². The first-order valence-corrected chi connectivity index (χ1v) is 14.8. The smallest absolute Gasteiger partial charge is 0.446 e. The van der Waals surface area contributed by atoms with Gasteiger partial charge in [0.1, 0.15) is 0 Å². The summed E-state index contributed by atoms with van der Waals surface area (Å²) >= 11 is -0.340. The first kappa shape index (κ1) is 32.7. The number of alkyl halides is 3. The van der Waals surface area contributed by atoms with Crippen molar-refractivity contribution >= 4 is 40.8 Å². The molecule has 0 aromatic heterocycles. The predicted molar refractivity (Wildman–Crippen MR) is 160 cm³/mol. The van der Waals surface area contributed by atoms with E-state index in [1.807, 2.05) is 12.1 Å². The Morgan fingerprint density at radius 3 is 2.09 bits per heavy atom. The van der Waals surface area contributed by atoms with Crippen molar-refractivity contribution in [2.75, 3.05) is 6.54 Å². The number of thioether (sulfide) groups is 1. The maximum absolute atomic E-state index is 13.8. The molecule has 44 heavy (non-hydrogen) atoms. The van der Waals surface area contributed by atoms with Crippen LogP contribution in [0.3, 0.4) is 0 Å². The molecular weight excluding hydrogens is 595 g/mol. The zero-order valence-corrected chi connectivity index (χ0v) is 24.3. The number of nitrogens with one attached hydrogen (secondary N) is 1. The molecule has 1 fully saturated rings. The van der Waals surface area contributed by atoms with Crippen LogP contribution in [0.1, 0.15) is 80.2 Å². The SMILES string of the molecule is O=C(/C=C(\C(=O)c1ccc(C(=O)NC[C@@H](O)C(=O)O)cc1)c1ccc(C2CCCCC2)cc1)c1cccc(SC(F)(F)F)c1. The molecule has 3 aromatic carbocycles. The van der Waals surface area contributed by atoms with Crippen LogP contribution in [0.25, 0.3) is 5.57 Å². The second-order valence-electron chi connectivity index (χ2n) is 10.4. The number of rotatable bonds is 11. The van der Waals surface area contributed by atoms with Gasteiger partial charge in [-0.15, -0.1) is 0 Å². The first-order chi connectivity index (χ1) is 20.9. The molecule has 1 aliphatic rings. The molecule has 3 N–H and O–H groups in total. The van der Waals surface area contributed by atoms with Gasteiger partial charge in [-0.3, -0.25) is 14.4 Å². The monoisotopic (exact) mass is 625 g/mol. The van der Waals surface area contributed by atoms with Crippen LogP contribution in [0.5, 0.6) is 0 Å². The Kier molecular flexibility index (Phi) is 10.8. The summed E-state index contributed by atoms with van der Waals surface area (Å²) in [4.78, 5) is 50.0. The van der Waals surface area contributed by atoms with Crippen molar-refractivity contribution in [1.82, 2.24) is 5.32 Å². The molecular formula is C33H30F3NO6S. The molecule has 0 aliphatic heterocycles. The Bertz CT molecular complexity index is 1540. The maximum atomic E-state index is 13.8. The van der Waals surface area contributed by atoms with Gasteiger partial charge in [0, 0.05) is 27.2 Å². The van der Waals surface area contributed by atoms with E-state index >= 15 is 0 Å². The van der Waals surface area contributed by atoms with Gasteiger partial charge in [-0.25, -0.2) is 4.79 Å². The van der Waals surface area contributed by atoms with E-state index in [-0.39, 0.29) is 38.9 Å². The Morgan fingerprint density at radius 2 is 1.48 bits per heavy atom. The van der Waals surface area contributed by atoms with Crippen molar-refractivity contribution in [3.63, 3.8) is 0 Å². The molecule has 230 valence electrons. The van der Waals surface area contributed by atoms with E-state index in [9.17, 15) is 37.5 Å². The third kappa shape index (κ3) is 8.90. The topological polar surface area (TPSA) is 121 Å². The molecule has 7 nitrogen and oxygen atoms in total. The number of hydrogen-bond donors (Lipinski definition) is 3. The van der Waals surface area contributed by atoms with E-state index < -0.39 is 41.6 Å². The molecule has 0 radical (unpaired) electrons. The molecule has 11 heteroatoms. The van der Waals surface area contributed by atoms with Crippen molar-refractivity contribution in [1.29, 1.82) is 0 Å². The molecule has 1 amide bonds. The van der Waals surface area contributed by atoms with Gasteiger partial charge < -0.3 is 15.5 Å². The predicted octanol–water partition coefficient (Wildman–Crippen LogP) is 6.67. The van der Waals surface area contributed by atoms with Gasteiger partial charge >= 0.3 is 11.5 Å². The number of ketones is 2. The summed E-state index contributed by atoms with van der Waals surface area (Å²) in [5.74, 6) is -2.94. The number of carbonyl (C=O) groups is 4. The highest BCUT2D eigenvalue weighted by molar-refractivity contribution is 8.00. The average molecular weight is 626 g/mol. The molecule has 4 rings (SSSR count). The van der Waals surface area contributed by atoms with Gasteiger partial charge in [0.2, 0.25) is 0 Å². The number of aliphatic carboxylic acids is 1. The van der Waals surface area contributed by atoms with Gasteiger partial charge in [0.05, 0.1) is 6.54 Å². The Morgan fingerprint density at radius 1 is 0.864 bits per heavy atom. The third-order valence-electron chi connectivity index (χ3n) is 7.32. The summed E-state index contributed by atoms with van der Waals surface area (Å²) in [5, 5.41) is 20.4. The fourth-order valence-electron chi connectivity index (χ4n) is 5.02. The molecule has 0 heterocycles. The fraction of sp³-hybridized carbons (Fsp3) is 0.273. The summed E-state index contributed by atoms with van der Waals surface area (Å²) in [6.07, 6.45) is 4.97. The number of carboxylic acids is 1. The summed E-state index contributed by atoms with van der Waals surface area (Å²) in [5.41, 5.74) is -2.68. The molecule has 0 bridgehead atoms. The van der Waals surface area contributed by atoms with E-state index in [4.69, 9.17) is 5.11 Å². The summed E-state index contributed by atoms with van der Waals surface area (Å²) in [7, 11) is 0. The van der Waals surface area contributed by atoms with Crippen molar-refractivity contribution in [3.05, 3.63) is 107 Å². The zero-order chi connectivity index (χ0) is 31.9. The van der Waals surface area contributed by atoms with Crippen LogP contribution in [0, 0.1) is 0 Å². The number of benzene rings is 3. The Hall–Kier alpha value is -4.22. The molecule has 1 saturated carbocycles. The number of aliphatic hydroxyl groups excluding tert-OH is 1. The van der Waals surface area contributed by atoms with E-state index in [2.05, 4.69) is 5.32 Å². The van der Waals surface area contributed by atoms with Crippen LogP contribution >= 0.6 is 11.8 Å². The highest BCUT2D eigenvalue weighted by atomic mass is 32.2. The lowest BCUT2D eigenvalue weighted by Gasteiger charge is -2.22. The minimum Gasteiger partial charge on any atom is -0.479 e. The van der Waals surface area contributed by atoms with Crippen LogP contribution in [0.15, 0.2) is 83.8 Å². The van der Waals surface area contributed by atoms with Crippen molar-refractivity contribution in [2.24, 2.45) is 0 Å². The van der Waals surface area contributed by atoms with E-state index in [1.54, 1.807) is 12.1 Å². The average Bonchev–Trinajstić information content (AvgIpc) is 3.01. The molecule has 1 aliphatic carbocycles. The highest BCUT2D eigenvalue weighted by Gasteiger charge is 2.29. The number of aliphatic hydroxyl groups is 1. The summed E-state index contributed by atoms with van der Waals surface area (Å²) in [6.45, 7) is -0.511. The normalized spacial score (nSPS) is 15.0. The van der Waals surface area contributed by atoms with Crippen molar-refractivity contribution in [3.8, 4) is 0 Å². The minimum atomic E-state index is -4.53. The number of amides is 1. The lowest BCUT2D eigenvalue weighted by molar-refractivity contribution is -0.146. The lowest BCUT2D eigenvalue weighted by Crippen LogP contribution is -2.36. The second kappa shape index (κ2) is 14.5. The number of allylic oxidation sites excluding steroid dienone is 2. The first-order valence-electron chi connectivity index (χ1n) is 14.0. The Balaban J connectivity index is 1.63. The molecule has 1 atom stereocenters. The molecule has 0 unspecified atom stereocenters. The number of carbonyl (C=O) groups excluding carboxylic acids is 3. The summed E-state index contributed by atoms with van der Waals surface area (Å²) in [6, 6.07) is 17.9. The maximum Gasteiger partial charge on any atom is 0.446 e. The van der Waals surface area contributed by atoms with Crippen LogP contribution < -0.4 is 5.32 Å². The van der Waals surface area contributed by atoms with E-state index in [0.717, 1.165) is 43.4 Å². The fourth-order valence-corrected chi connectivity index (χ4v) is 5.62.